The number of hydrogen-bond donors (Lipinski definition) is 0. The van der Waals surface area contributed by atoms with E-state index in [0.29, 0.717) is 5.56 Å². The number of unbranched alkanes of at least 4 members (excludes halogenated alkanes) is 5. The molecule has 3 aromatic heterocycles. The Bertz CT molecular complexity index is 1130. The van der Waals surface area contributed by atoms with Crippen molar-refractivity contribution in [2.45, 2.75) is 51.9 Å². The second kappa shape index (κ2) is 10.3. The molecule has 1 aromatic carbocycles. The normalized spacial score (nSPS) is 11.3. The fraction of sp³-hybridized carbons (Fsp3) is 0.346. The molecule has 0 aliphatic heterocycles. The number of aryl methyl sites for hydroxylation is 1. The molecule has 0 aliphatic carbocycles. The zero-order chi connectivity index (χ0) is 21.6. The molecule has 0 saturated carbocycles. The molecule has 0 saturated heterocycles. The van der Waals surface area contributed by atoms with Crippen molar-refractivity contribution in [3.05, 3.63) is 65.2 Å². The number of rotatable bonds is 10. The number of hydrogen-bond acceptors (Lipinski definition) is 4. The van der Waals surface area contributed by atoms with Crippen LogP contribution >= 0.6 is 22.7 Å². The van der Waals surface area contributed by atoms with Crippen LogP contribution in [-0.4, -0.2) is 17.6 Å². The van der Waals surface area contributed by atoms with Crippen LogP contribution in [0.5, 0.6) is 0 Å². The van der Waals surface area contributed by atoms with Crippen molar-refractivity contribution in [1.82, 2.24) is 4.57 Å². The molecule has 162 valence electrons. The van der Waals surface area contributed by atoms with Crippen LogP contribution in [0.2, 0.25) is 0 Å². The van der Waals surface area contributed by atoms with Gasteiger partial charge in [0.1, 0.15) is 0 Å². The summed E-state index contributed by atoms with van der Waals surface area (Å²) < 4.78 is 8.39. The van der Waals surface area contributed by atoms with Gasteiger partial charge >= 0.3 is 5.97 Å². The molecule has 3 nitrogen and oxygen atoms in total. The summed E-state index contributed by atoms with van der Waals surface area (Å²) in [6.07, 6.45) is 11.3. The smallest absolute Gasteiger partial charge is 0.339 e. The van der Waals surface area contributed by atoms with Gasteiger partial charge < -0.3 is 9.30 Å². The first-order valence-corrected chi connectivity index (χ1v) is 12.8. The van der Waals surface area contributed by atoms with Gasteiger partial charge in [-0.1, -0.05) is 51.2 Å². The van der Waals surface area contributed by atoms with E-state index in [9.17, 15) is 4.79 Å². The Kier molecular flexibility index (Phi) is 7.25. The average Bonchev–Trinajstić information content (AvgIpc) is 3.51. The van der Waals surface area contributed by atoms with Crippen LogP contribution in [-0.2, 0) is 11.2 Å². The van der Waals surface area contributed by atoms with Gasteiger partial charge in [-0.2, -0.15) is 0 Å². The second-order valence-corrected chi connectivity index (χ2v) is 9.88. The minimum atomic E-state index is -0.279. The van der Waals surface area contributed by atoms with Gasteiger partial charge in [0.15, 0.2) is 0 Å². The molecule has 0 atom stereocenters. The largest absolute Gasteiger partial charge is 0.465 e. The maximum Gasteiger partial charge on any atom is 0.339 e. The first kappa shape index (κ1) is 21.8. The van der Waals surface area contributed by atoms with Crippen LogP contribution in [0.25, 0.3) is 25.7 Å². The molecule has 0 N–H and O–H groups in total. The van der Waals surface area contributed by atoms with E-state index in [0.717, 1.165) is 16.2 Å². The Balaban J connectivity index is 1.48. The SMILES string of the molecule is CCCCCCCCc1ccc(-n2ccc3sc(-c4sccc4C(=O)OC)cc32)cc1. The number of ether oxygens (including phenoxy) is 1. The van der Waals surface area contributed by atoms with Gasteiger partial charge in [-0.25, -0.2) is 4.79 Å². The van der Waals surface area contributed by atoms with E-state index in [2.05, 4.69) is 54.1 Å². The van der Waals surface area contributed by atoms with Crippen molar-refractivity contribution in [3.8, 4) is 15.4 Å². The van der Waals surface area contributed by atoms with Gasteiger partial charge in [0, 0.05) is 16.8 Å². The number of esters is 1. The number of benzene rings is 1. The molecule has 0 radical (unpaired) electrons. The predicted octanol–water partition coefficient (Wildman–Crippen LogP) is 8.11. The van der Waals surface area contributed by atoms with E-state index in [1.807, 2.05) is 11.4 Å². The van der Waals surface area contributed by atoms with E-state index < -0.39 is 0 Å². The molecule has 0 fully saturated rings. The summed E-state index contributed by atoms with van der Waals surface area (Å²) >= 11 is 3.30. The van der Waals surface area contributed by atoms with Gasteiger partial charge in [-0.15, -0.1) is 22.7 Å². The molecule has 31 heavy (non-hydrogen) atoms. The quantitative estimate of drug-likeness (QED) is 0.180. The molecule has 0 spiro atoms. The van der Waals surface area contributed by atoms with Gasteiger partial charge in [0.2, 0.25) is 0 Å². The van der Waals surface area contributed by atoms with Gasteiger partial charge in [0.05, 0.1) is 27.8 Å². The van der Waals surface area contributed by atoms with E-state index in [1.165, 1.54) is 67.1 Å². The van der Waals surface area contributed by atoms with Crippen LogP contribution < -0.4 is 0 Å². The number of nitrogens with zero attached hydrogens (tertiary/aromatic N) is 1. The fourth-order valence-corrected chi connectivity index (χ4v) is 6.03. The minimum absolute atomic E-state index is 0.279. The molecule has 4 aromatic rings. The Hall–Kier alpha value is -2.37. The van der Waals surface area contributed by atoms with Crippen molar-refractivity contribution >= 4 is 38.9 Å². The summed E-state index contributed by atoms with van der Waals surface area (Å²) in [5.74, 6) is -0.279. The topological polar surface area (TPSA) is 31.2 Å². The average molecular weight is 452 g/mol. The lowest BCUT2D eigenvalue weighted by Gasteiger charge is -2.07. The van der Waals surface area contributed by atoms with Crippen molar-refractivity contribution in [2.24, 2.45) is 0 Å². The van der Waals surface area contributed by atoms with Crippen LogP contribution in [0, 0.1) is 0 Å². The molecule has 4 rings (SSSR count). The second-order valence-electron chi connectivity index (χ2n) is 7.89. The van der Waals surface area contributed by atoms with E-state index in [4.69, 9.17) is 4.74 Å². The Morgan fingerprint density at radius 2 is 1.77 bits per heavy atom. The van der Waals surface area contributed by atoms with Crippen LogP contribution in [0.4, 0.5) is 0 Å². The van der Waals surface area contributed by atoms with E-state index in [1.54, 1.807) is 22.7 Å². The zero-order valence-corrected chi connectivity index (χ0v) is 19.9. The number of carbonyl (C=O) groups excluding carboxylic acids is 1. The summed E-state index contributed by atoms with van der Waals surface area (Å²) in [4.78, 5) is 14.2. The molecule has 0 amide bonds. The van der Waals surface area contributed by atoms with Crippen molar-refractivity contribution < 1.29 is 9.53 Å². The molecule has 0 aliphatic rings. The first-order valence-electron chi connectivity index (χ1n) is 11.1. The minimum Gasteiger partial charge on any atom is -0.465 e. The molecule has 0 bridgehead atoms. The third-order valence-electron chi connectivity index (χ3n) is 5.70. The molecular weight excluding hydrogens is 422 g/mol. The fourth-order valence-electron chi connectivity index (χ4n) is 3.97. The highest BCUT2D eigenvalue weighted by atomic mass is 32.1. The van der Waals surface area contributed by atoms with Crippen molar-refractivity contribution in [1.29, 1.82) is 0 Å². The number of carbonyl (C=O) groups is 1. The maximum atomic E-state index is 12.1. The molecular formula is C26H29NO2S2. The third kappa shape index (κ3) is 4.94. The van der Waals surface area contributed by atoms with Crippen LogP contribution in [0.15, 0.2) is 54.0 Å². The Morgan fingerprint density at radius 1 is 1.00 bits per heavy atom. The standard InChI is InChI=1S/C26H29NO2S2/c1-3-4-5-6-7-8-9-19-10-12-20(13-11-19)27-16-14-23-22(27)18-24(31-23)25-21(15-17-30-25)26(28)29-2/h10-18H,3-9H2,1-2H3. The predicted molar refractivity (Wildman–Crippen MR) is 133 cm³/mol. The highest BCUT2D eigenvalue weighted by Gasteiger charge is 2.18. The highest BCUT2D eigenvalue weighted by Crippen LogP contribution is 2.39. The summed E-state index contributed by atoms with van der Waals surface area (Å²) in [7, 11) is 1.43. The highest BCUT2D eigenvalue weighted by molar-refractivity contribution is 7.25. The zero-order valence-electron chi connectivity index (χ0n) is 18.2. The van der Waals surface area contributed by atoms with Crippen molar-refractivity contribution in [2.75, 3.05) is 7.11 Å². The van der Waals surface area contributed by atoms with Gasteiger partial charge in [0.25, 0.3) is 0 Å². The van der Waals surface area contributed by atoms with E-state index in [-0.39, 0.29) is 5.97 Å². The molecule has 3 heterocycles. The van der Waals surface area contributed by atoms with Gasteiger partial charge in [-0.05, 0) is 54.1 Å². The number of methoxy groups -OCH3 is 1. The Morgan fingerprint density at radius 3 is 2.55 bits per heavy atom. The van der Waals surface area contributed by atoms with Crippen LogP contribution in [0.3, 0.4) is 0 Å². The first-order chi connectivity index (χ1) is 15.2. The lowest BCUT2D eigenvalue weighted by atomic mass is 10.0. The maximum absolute atomic E-state index is 12.1. The number of thiophene rings is 2. The summed E-state index contributed by atoms with van der Waals surface area (Å²) in [6, 6.07) is 15.1. The number of fused-ring (bicyclic) bond motifs is 1. The lowest BCUT2D eigenvalue weighted by Crippen LogP contribution is -2.00. The summed E-state index contributed by atoms with van der Waals surface area (Å²) in [5, 5.41) is 1.95. The van der Waals surface area contributed by atoms with E-state index >= 15 is 0 Å². The van der Waals surface area contributed by atoms with Crippen molar-refractivity contribution in [3.63, 3.8) is 0 Å². The molecule has 5 heteroatoms. The monoisotopic (exact) mass is 451 g/mol. The Labute approximate surface area is 192 Å². The summed E-state index contributed by atoms with van der Waals surface area (Å²) in [5.41, 5.74) is 4.40. The van der Waals surface area contributed by atoms with Gasteiger partial charge in [-0.3, -0.25) is 0 Å². The number of aromatic nitrogens is 1. The van der Waals surface area contributed by atoms with Crippen LogP contribution in [0.1, 0.15) is 61.4 Å². The lowest BCUT2D eigenvalue weighted by molar-refractivity contribution is 0.0602. The third-order valence-corrected chi connectivity index (χ3v) is 7.89. The summed E-state index contributed by atoms with van der Waals surface area (Å²) in [6.45, 7) is 2.26. The molecule has 0 unspecified atom stereocenters.